The molecular formula is C10H9F2N2+. The van der Waals surface area contributed by atoms with E-state index in [1.54, 1.807) is 10.8 Å². The number of imidazole rings is 1. The topological polar surface area (TPSA) is 8.81 Å². The lowest BCUT2D eigenvalue weighted by Crippen LogP contribution is -2.31. The molecule has 1 aromatic heterocycles. The van der Waals surface area contributed by atoms with Gasteiger partial charge in [0.05, 0.1) is 0 Å². The summed E-state index contributed by atoms with van der Waals surface area (Å²) in [5.41, 5.74) is 0.868. The molecule has 0 aliphatic carbocycles. The highest BCUT2D eigenvalue weighted by Gasteiger charge is 2.13. The molecule has 72 valence electrons. The molecule has 0 N–H and O–H groups in total. The van der Waals surface area contributed by atoms with Gasteiger partial charge in [-0.3, -0.25) is 0 Å². The minimum absolute atomic E-state index is 0.854. The molecule has 0 spiro atoms. The van der Waals surface area contributed by atoms with Crippen LogP contribution in [0.5, 0.6) is 0 Å². The van der Waals surface area contributed by atoms with Gasteiger partial charge < -0.3 is 0 Å². The summed E-state index contributed by atoms with van der Waals surface area (Å²) in [6.07, 6.45) is 4.30. The predicted molar refractivity (Wildman–Crippen MR) is 47.2 cm³/mol. The smallest absolute Gasteiger partial charge is 0.202 e. The summed E-state index contributed by atoms with van der Waals surface area (Å²) in [5, 5.41) is 0. The van der Waals surface area contributed by atoms with Gasteiger partial charge in [-0.15, -0.1) is 0 Å². The molecule has 0 fully saturated rings. The van der Waals surface area contributed by atoms with Gasteiger partial charge in [0, 0.05) is 0 Å². The van der Waals surface area contributed by atoms with Gasteiger partial charge in [0.2, 0.25) is 0 Å². The first kappa shape index (κ1) is 8.87. The van der Waals surface area contributed by atoms with Crippen molar-refractivity contribution in [2.45, 2.75) is 6.55 Å². The van der Waals surface area contributed by atoms with Crippen molar-refractivity contribution in [1.29, 1.82) is 0 Å². The molecule has 14 heavy (non-hydrogen) atoms. The van der Waals surface area contributed by atoms with E-state index in [0.29, 0.717) is 0 Å². The van der Waals surface area contributed by atoms with E-state index in [1.165, 1.54) is 12.5 Å². The molecule has 2 aromatic rings. The molecular weight excluding hydrogens is 186 g/mol. The zero-order valence-corrected chi connectivity index (χ0v) is 7.35. The van der Waals surface area contributed by atoms with Crippen LogP contribution in [-0.2, 0) is 0 Å². The van der Waals surface area contributed by atoms with Crippen LogP contribution in [0.25, 0.3) is 5.69 Å². The average molecular weight is 195 g/mol. The van der Waals surface area contributed by atoms with Crippen LogP contribution >= 0.6 is 0 Å². The fraction of sp³-hybridized carbons (Fsp3) is 0.100. The molecule has 0 bridgehead atoms. The van der Waals surface area contributed by atoms with Gasteiger partial charge in [0.15, 0.2) is 0 Å². The number of nitrogens with zero attached hydrogens (tertiary/aromatic N) is 2. The SMILES string of the molecule is FC(F)[n+]1ccn(-c2ccccc2)c1. The Morgan fingerprint density at radius 3 is 2.43 bits per heavy atom. The summed E-state index contributed by atoms with van der Waals surface area (Å²) < 4.78 is 27.0. The maximum Gasteiger partial charge on any atom is 0.387 e. The van der Waals surface area contributed by atoms with Crippen LogP contribution in [0.3, 0.4) is 0 Å². The van der Waals surface area contributed by atoms with Gasteiger partial charge in [-0.05, 0) is 12.1 Å². The predicted octanol–water partition coefficient (Wildman–Crippen LogP) is 2.16. The second-order valence-electron chi connectivity index (χ2n) is 2.88. The van der Waals surface area contributed by atoms with Crippen LogP contribution in [0, 0.1) is 0 Å². The van der Waals surface area contributed by atoms with Crippen LogP contribution in [0.1, 0.15) is 6.55 Å². The molecule has 0 saturated heterocycles. The lowest BCUT2D eigenvalue weighted by atomic mass is 10.3. The Morgan fingerprint density at radius 1 is 1.14 bits per heavy atom. The molecule has 1 aromatic carbocycles. The summed E-state index contributed by atoms with van der Waals surface area (Å²) in [6, 6.07) is 9.32. The largest absolute Gasteiger partial charge is 0.387 e. The first-order valence-corrected chi connectivity index (χ1v) is 4.20. The summed E-state index contributed by atoms with van der Waals surface area (Å²) in [7, 11) is 0. The van der Waals surface area contributed by atoms with Crippen molar-refractivity contribution in [2.24, 2.45) is 0 Å². The molecule has 0 radical (unpaired) electrons. The van der Waals surface area contributed by atoms with E-state index in [1.807, 2.05) is 30.3 Å². The van der Waals surface area contributed by atoms with E-state index in [4.69, 9.17) is 0 Å². The number of hydrogen-bond donors (Lipinski definition) is 0. The highest BCUT2D eigenvalue weighted by Crippen LogP contribution is 2.06. The van der Waals surface area contributed by atoms with Crippen molar-refractivity contribution in [3.63, 3.8) is 0 Å². The monoisotopic (exact) mass is 195 g/mol. The van der Waals surface area contributed by atoms with E-state index in [-0.39, 0.29) is 0 Å². The number of rotatable bonds is 2. The molecule has 0 aliphatic rings. The minimum atomic E-state index is -2.49. The summed E-state index contributed by atoms with van der Waals surface area (Å²) in [4.78, 5) is 0. The lowest BCUT2D eigenvalue weighted by molar-refractivity contribution is -0.772. The maximum atomic E-state index is 12.2. The van der Waals surface area contributed by atoms with Crippen molar-refractivity contribution in [2.75, 3.05) is 0 Å². The number of aromatic nitrogens is 2. The third-order valence-corrected chi connectivity index (χ3v) is 1.94. The second kappa shape index (κ2) is 3.57. The normalized spacial score (nSPS) is 10.8. The van der Waals surface area contributed by atoms with Gasteiger partial charge in [0.25, 0.3) is 6.33 Å². The number of benzene rings is 1. The highest BCUT2D eigenvalue weighted by atomic mass is 19.3. The van der Waals surface area contributed by atoms with Crippen molar-refractivity contribution < 1.29 is 13.3 Å². The van der Waals surface area contributed by atoms with Crippen molar-refractivity contribution in [3.8, 4) is 5.69 Å². The Bertz CT molecular complexity index is 409. The lowest BCUT2D eigenvalue weighted by Gasteiger charge is -1.93. The van der Waals surface area contributed by atoms with Crippen LogP contribution < -0.4 is 4.57 Å². The Labute approximate surface area is 80.0 Å². The van der Waals surface area contributed by atoms with Crippen LogP contribution in [0.4, 0.5) is 8.78 Å². The maximum absolute atomic E-state index is 12.2. The fourth-order valence-corrected chi connectivity index (χ4v) is 1.24. The number of halogens is 2. The molecule has 2 nitrogen and oxygen atoms in total. The van der Waals surface area contributed by atoms with Crippen molar-refractivity contribution >= 4 is 0 Å². The van der Waals surface area contributed by atoms with Gasteiger partial charge in [0.1, 0.15) is 18.1 Å². The van der Waals surface area contributed by atoms with Gasteiger partial charge >= 0.3 is 6.55 Å². The van der Waals surface area contributed by atoms with E-state index in [9.17, 15) is 8.78 Å². The zero-order chi connectivity index (χ0) is 9.97. The first-order valence-electron chi connectivity index (χ1n) is 4.20. The Kier molecular flexibility index (Phi) is 2.26. The fourth-order valence-electron chi connectivity index (χ4n) is 1.24. The van der Waals surface area contributed by atoms with Gasteiger partial charge in [-0.25, -0.2) is 4.57 Å². The van der Waals surface area contributed by atoms with Crippen LogP contribution in [0.15, 0.2) is 49.1 Å². The summed E-state index contributed by atoms with van der Waals surface area (Å²) in [6.45, 7) is -2.49. The summed E-state index contributed by atoms with van der Waals surface area (Å²) >= 11 is 0. The number of para-hydroxylation sites is 1. The molecule has 4 heteroatoms. The molecule has 0 aliphatic heterocycles. The van der Waals surface area contributed by atoms with Crippen LogP contribution in [0.2, 0.25) is 0 Å². The molecule has 1 heterocycles. The molecule has 0 atom stereocenters. The Balaban J connectivity index is 2.34. The molecule has 0 unspecified atom stereocenters. The number of alkyl halides is 2. The zero-order valence-electron chi connectivity index (χ0n) is 7.35. The van der Waals surface area contributed by atoms with Crippen LogP contribution in [-0.4, -0.2) is 4.57 Å². The molecule has 2 rings (SSSR count). The standard InChI is InChI=1S/C10H9F2N2/c11-10(12)14-7-6-13(8-14)9-4-2-1-3-5-9/h1-8,10H/q+1. The van der Waals surface area contributed by atoms with E-state index in [0.717, 1.165) is 10.3 Å². The third-order valence-electron chi connectivity index (χ3n) is 1.94. The molecule has 0 saturated carbocycles. The minimum Gasteiger partial charge on any atom is -0.202 e. The van der Waals surface area contributed by atoms with Crippen molar-refractivity contribution in [3.05, 3.63) is 49.1 Å². The van der Waals surface area contributed by atoms with Crippen molar-refractivity contribution in [1.82, 2.24) is 4.57 Å². The first-order chi connectivity index (χ1) is 6.77. The Morgan fingerprint density at radius 2 is 1.86 bits per heavy atom. The average Bonchev–Trinajstić information content (AvgIpc) is 2.68. The Hall–Kier alpha value is -1.71. The number of hydrogen-bond acceptors (Lipinski definition) is 0. The van der Waals surface area contributed by atoms with E-state index in [2.05, 4.69) is 0 Å². The van der Waals surface area contributed by atoms with E-state index >= 15 is 0 Å². The summed E-state index contributed by atoms with van der Waals surface area (Å²) in [5.74, 6) is 0. The quantitative estimate of drug-likeness (QED) is 0.649. The van der Waals surface area contributed by atoms with E-state index < -0.39 is 6.55 Å². The third kappa shape index (κ3) is 1.64. The highest BCUT2D eigenvalue weighted by molar-refractivity contribution is 5.30. The molecule has 0 amide bonds. The second-order valence-corrected chi connectivity index (χ2v) is 2.88. The van der Waals surface area contributed by atoms with Gasteiger partial charge in [-0.1, -0.05) is 18.2 Å². The van der Waals surface area contributed by atoms with Gasteiger partial charge in [-0.2, -0.15) is 13.3 Å².